The molecule has 3 heteroatoms. The lowest BCUT2D eigenvalue weighted by Crippen LogP contribution is -2.05. The molecular formula is C15H21NO2. The van der Waals surface area contributed by atoms with Crippen molar-refractivity contribution in [3.63, 3.8) is 0 Å². The Labute approximate surface area is 109 Å². The first-order valence-corrected chi connectivity index (χ1v) is 6.34. The molecule has 0 aliphatic rings. The van der Waals surface area contributed by atoms with Crippen molar-refractivity contribution in [2.45, 2.75) is 33.6 Å². The summed E-state index contributed by atoms with van der Waals surface area (Å²) in [5, 5.41) is 12.1. The van der Waals surface area contributed by atoms with Crippen LogP contribution in [-0.2, 0) is 11.2 Å². The molecule has 0 atom stereocenters. The molecule has 0 amide bonds. The summed E-state index contributed by atoms with van der Waals surface area (Å²) in [6, 6.07) is 6.23. The number of rotatable bonds is 6. The maximum absolute atomic E-state index is 10.8. The number of hydrogen-bond donors (Lipinski definition) is 2. The minimum atomic E-state index is -0.836. The normalized spacial score (nSPS) is 11.4. The van der Waals surface area contributed by atoms with Crippen molar-refractivity contribution in [3.8, 4) is 0 Å². The molecule has 1 rings (SSSR count). The molecule has 18 heavy (non-hydrogen) atoms. The van der Waals surface area contributed by atoms with E-state index in [0.717, 1.165) is 12.1 Å². The Balaban J connectivity index is 2.66. The topological polar surface area (TPSA) is 49.3 Å². The Bertz CT molecular complexity index is 450. The van der Waals surface area contributed by atoms with Crippen LogP contribution in [0.3, 0.4) is 0 Å². The zero-order valence-corrected chi connectivity index (χ0v) is 11.3. The van der Waals surface area contributed by atoms with E-state index in [9.17, 15) is 4.79 Å². The molecule has 1 aromatic carbocycles. The number of aryl methyl sites for hydroxylation is 2. The van der Waals surface area contributed by atoms with E-state index >= 15 is 0 Å². The number of carbonyl (C=O) groups is 1. The average Bonchev–Trinajstić information content (AvgIpc) is 2.36. The average molecular weight is 247 g/mol. The second-order valence-corrected chi connectivity index (χ2v) is 4.26. The molecule has 98 valence electrons. The molecule has 0 fully saturated rings. The van der Waals surface area contributed by atoms with Crippen LogP contribution in [0.1, 0.15) is 31.4 Å². The highest BCUT2D eigenvalue weighted by Crippen LogP contribution is 2.15. The molecule has 0 aliphatic heterocycles. The molecule has 3 nitrogen and oxygen atoms in total. The van der Waals surface area contributed by atoms with Crippen LogP contribution in [0.25, 0.3) is 0 Å². The fourth-order valence-corrected chi connectivity index (χ4v) is 1.84. The highest BCUT2D eigenvalue weighted by Gasteiger charge is 2.03. The summed E-state index contributed by atoms with van der Waals surface area (Å²) in [7, 11) is 0. The van der Waals surface area contributed by atoms with Gasteiger partial charge in [-0.25, -0.2) is 4.79 Å². The van der Waals surface area contributed by atoms with Crippen molar-refractivity contribution in [1.29, 1.82) is 0 Å². The second kappa shape index (κ2) is 6.84. The van der Waals surface area contributed by atoms with Gasteiger partial charge in [0, 0.05) is 17.8 Å². The molecule has 0 aliphatic carbocycles. The van der Waals surface area contributed by atoms with Crippen LogP contribution in [0, 0.1) is 6.92 Å². The van der Waals surface area contributed by atoms with Crippen LogP contribution < -0.4 is 5.32 Å². The van der Waals surface area contributed by atoms with E-state index in [0.29, 0.717) is 18.5 Å². The van der Waals surface area contributed by atoms with Crippen molar-refractivity contribution in [2.24, 2.45) is 0 Å². The van der Waals surface area contributed by atoms with Crippen molar-refractivity contribution >= 4 is 11.7 Å². The molecule has 0 saturated heterocycles. The van der Waals surface area contributed by atoms with Gasteiger partial charge in [0.25, 0.3) is 0 Å². The summed E-state index contributed by atoms with van der Waals surface area (Å²) in [6.45, 7) is 6.62. The third-order valence-electron chi connectivity index (χ3n) is 3.04. The second-order valence-electron chi connectivity index (χ2n) is 4.26. The van der Waals surface area contributed by atoms with Gasteiger partial charge in [0.2, 0.25) is 0 Å². The fourth-order valence-electron chi connectivity index (χ4n) is 1.84. The van der Waals surface area contributed by atoms with Crippen molar-refractivity contribution in [2.75, 3.05) is 11.9 Å². The van der Waals surface area contributed by atoms with Crippen LogP contribution in [-0.4, -0.2) is 17.6 Å². The lowest BCUT2D eigenvalue weighted by molar-refractivity contribution is -0.132. The van der Waals surface area contributed by atoms with Gasteiger partial charge in [-0.3, -0.25) is 0 Å². The van der Waals surface area contributed by atoms with E-state index in [1.54, 1.807) is 6.08 Å². The molecule has 2 N–H and O–H groups in total. The molecule has 0 spiro atoms. The molecule has 0 saturated carbocycles. The highest BCUT2D eigenvalue weighted by molar-refractivity contribution is 5.86. The van der Waals surface area contributed by atoms with Gasteiger partial charge in [-0.05, 0) is 43.0 Å². The first-order valence-electron chi connectivity index (χ1n) is 6.34. The summed E-state index contributed by atoms with van der Waals surface area (Å²) in [5.74, 6) is -0.836. The van der Waals surface area contributed by atoms with Crippen LogP contribution in [0.4, 0.5) is 5.69 Å². The number of carboxylic acid groups (broad SMARTS) is 1. The zero-order chi connectivity index (χ0) is 13.5. The Morgan fingerprint density at radius 2 is 2.11 bits per heavy atom. The van der Waals surface area contributed by atoms with Gasteiger partial charge in [-0.2, -0.15) is 0 Å². The molecule has 0 radical (unpaired) electrons. The number of carboxylic acids is 1. The van der Waals surface area contributed by atoms with E-state index in [1.165, 1.54) is 11.1 Å². The number of nitrogens with one attached hydrogen (secondary N) is 1. The van der Waals surface area contributed by atoms with E-state index in [1.807, 2.05) is 13.0 Å². The van der Waals surface area contributed by atoms with E-state index in [2.05, 4.69) is 31.3 Å². The molecular weight excluding hydrogens is 226 g/mol. The third kappa shape index (κ3) is 3.91. The standard InChI is InChI=1S/C15H21NO2/c1-4-12(15(17)18)8-9-16-14-7-6-11(3)13(5-2)10-14/h6-8,10,16H,4-5,9H2,1-3H3,(H,17,18)/b12-8-. The first-order chi connectivity index (χ1) is 8.58. The Morgan fingerprint density at radius 1 is 1.39 bits per heavy atom. The first kappa shape index (κ1) is 14.3. The lowest BCUT2D eigenvalue weighted by atomic mass is 10.1. The van der Waals surface area contributed by atoms with Crippen LogP contribution in [0.2, 0.25) is 0 Å². The van der Waals surface area contributed by atoms with Crippen LogP contribution in [0.5, 0.6) is 0 Å². The third-order valence-corrected chi connectivity index (χ3v) is 3.04. The lowest BCUT2D eigenvalue weighted by Gasteiger charge is -2.08. The molecule has 0 bridgehead atoms. The number of aliphatic carboxylic acids is 1. The molecule has 0 unspecified atom stereocenters. The minimum Gasteiger partial charge on any atom is -0.478 e. The van der Waals surface area contributed by atoms with Gasteiger partial charge in [-0.15, -0.1) is 0 Å². The summed E-state index contributed by atoms with van der Waals surface area (Å²) >= 11 is 0. The van der Waals surface area contributed by atoms with E-state index in [-0.39, 0.29) is 0 Å². The smallest absolute Gasteiger partial charge is 0.331 e. The number of hydrogen-bond acceptors (Lipinski definition) is 2. The zero-order valence-electron chi connectivity index (χ0n) is 11.3. The van der Waals surface area contributed by atoms with E-state index in [4.69, 9.17) is 5.11 Å². The van der Waals surface area contributed by atoms with Crippen LogP contribution >= 0.6 is 0 Å². The van der Waals surface area contributed by atoms with Crippen LogP contribution in [0.15, 0.2) is 29.8 Å². The predicted molar refractivity (Wildman–Crippen MR) is 75.1 cm³/mol. The monoisotopic (exact) mass is 247 g/mol. The number of benzene rings is 1. The predicted octanol–water partition coefficient (Wildman–Crippen LogP) is 3.39. The summed E-state index contributed by atoms with van der Waals surface area (Å²) in [5.41, 5.74) is 4.09. The Kier molecular flexibility index (Phi) is 5.43. The van der Waals surface area contributed by atoms with Crippen molar-refractivity contribution < 1.29 is 9.90 Å². The summed E-state index contributed by atoms with van der Waals surface area (Å²) in [6.07, 6.45) is 3.28. The van der Waals surface area contributed by atoms with Gasteiger partial charge in [0.15, 0.2) is 0 Å². The van der Waals surface area contributed by atoms with Gasteiger partial charge in [0.05, 0.1) is 0 Å². The van der Waals surface area contributed by atoms with E-state index < -0.39 is 5.97 Å². The van der Waals surface area contributed by atoms with Gasteiger partial charge >= 0.3 is 5.97 Å². The van der Waals surface area contributed by atoms with Gasteiger partial charge in [0.1, 0.15) is 0 Å². The Morgan fingerprint density at radius 3 is 2.67 bits per heavy atom. The molecule has 0 heterocycles. The SMILES string of the molecule is CC/C(=C/CNc1ccc(C)c(CC)c1)C(=O)O. The van der Waals surface area contributed by atoms with Gasteiger partial charge in [-0.1, -0.05) is 26.0 Å². The highest BCUT2D eigenvalue weighted by atomic mass is 16.4. The van der Waals surface area contributed by atoms with Crippen molar-refractivity contribution in [1.82, 2.24) is 0 Å². The number of anilines is 1. The maximum atomic E-state index is 10.8. The largest absolute Gasteiger partial charge is 0.478 e. The summed E-state index contributed by atoms with van der Waals surface area (Å²) < 4.78 is 0. The maximum Gasteiger partial charge on any atom is 0.331 e. The van der Waals surface area contributed by atoms with Gasteiger partial charge < -0.3 is 10.4 Å². The molecule has 0 aromatic heterocycles. The quantitative estimate of drug-likeness (QED) is 0.757. The Hall–Kier alpha value is -1.77. The minimum absolute atomic E-state index is 0.449. The molecule has 1 aromatic rings. The fraction of sp³-hybridized carbons (Fsp3) is 0.400. The van der Waals surface area contributed by atoms with Crippen molar-refractivity contribution in [3.05, 3.63) is 41.0 Å². The summed E-state index contributed by atoms with van der Waals surface area (Å²) in [4.78, 5) is 10.8.